The van der Waals surface area contributed by atoms with Gasteiger partial charge in [-0.3, -0.25) is 9.59 Å². The molecule has 1 saturated heterocycles. The number of benzene rings is 1. The van der Waals surface area contributed by atoms with Gasteiger partial charge >= 0.3 is 5.97 Å². The predicted octanol–water partition coefficient (Wildman–Crippen LogP) is 2.91. The van der Waals surface area contributed by atoms with Gasteiger partial charge in [-0.1, -0.05) is 38.8 Å². The zero-order valence-electron chi connectivity index (χ0n) is 16.8. The summed E-state index contributed by atoms with van der Waals surface area (Å²) < 4.78 is 5.17. The summed E-state index contributed by atoms with van der Waals surface area (Å²) in [6.45, 7) is 5.47. The Morgan fingerprint density at radius 1 is 1.14 bits per heavy atom. The summed E-state index contributed by atoms with van der Waals surface area (Å²) in [7, 11) is 0. The zero-order chi connectivity index (χ0) is 20.1. The first-order valence-electron chi connectivity index (χ1n) is 10.3. The number of rotatable bonds is 6. The van der Waals surface area contributed by atoms with Crippen molar-refractivity contribution in [3.63, 3.8) is 0 Å². The molecule has 3 atom stereocenters. The fourth-order valence-corrected chi connectivity index (χ4v) is 4.09. The molecule has 28 heavy (non-hydrogen) atoms. The molecular formula is C22H30N2O4. The highest BCUT2D eigenvalue weighted by Crippen LogP contribution is 2.29. The summed E-state index contributed by atoms with van der Waals surface area (Å²) in [5.74, 6) is 0.447. The molecule has 6 nitrogen and oxygen atoms in total. The second-order valence-corrected chi connectivity index (χ2v) is 8.13. The molecule has 1 saturated carbocycles. The highest BCUT2D eigenvalue weighted by Gasteiger charge is 2.28. The van der Waals surface area contributed by atoms with Crippen LogP contribution < -0.4 is 5.32 Å². The molecule has 0 spiro atoms. The lowest BCUT2D eigenvalue weighted by Crippen LogP contribution is -2.45. The Morgan fingerprint density at radius 3 is 2.57 bits per heavy atom. The fraction of sp³-hybridized carbons (Fsp3) is 0.591. The van der Waals surface area contributed by atoms with Crippen molar-refractivity contribution in [3.05, 3.63) is 35.4 Å². The van der Waals surface area contributed by atoms with Crippen molar-refractivity contribution in [2.24, 2.45) is 11.8 Å². The van der Waals surface area contributed by atoms with E-state index in [-0.39, 0.29) is 24.5 Å². The largest absolute Gasteiger partial charge is 0.452 e. The molecule has 2 amide bonds. The number of nitrogens with one attached hydrogen (secondary N) is 1. The smallest absolute Gasteiger partial charge is 0.338 e. The molecule has 6 heteroatoms. The van der Waals surface area contributed by atoms with E-state index in [0.29, 0.717) is 30.4 Å². The second-order valence-electron chi connectivity index (χ2n) is 8.13. The van der Waals surface area contributed by atoms with E-state index in [0.717, 1.165) is 31.4 Å². The summed E-state index contributed by atoms with van der Waals surface area (Å²) in [6, 6.07) is 7.17. The van der Waals surface area contributed by atoms with Gasteiger partial charge in [0.05, 0.1) is 5.56 Å². The van der Waals surface area contributed by atoms with Gasteiger partial charge in [0, 0.05) is 25.6 Å². The third-order valence-electron chi connectivity index (χ3n) is 6.12. The van der Waals surface area contributed by atoms with Gasteiger partial charge in [0.25, 0.3) is 5.91 Å². The summed E-state index contributed by atoms with van der Waals surface area (Å²) in [6.07, 6.45) is 4.82. The number of nitrogens with zero attached hydrogens (tertiary/aromatic N) is 1. The summed E-state index contributed by atoms with van der Waals surface area (Å²) in [5.41, 5.74) is 1.38. The van der Waals surface area contributed by atoms with Crippen LogP contribution in [0.2, 0.25) is 0 Å². The van der Waals surface area contributed by atoms with E-state index >= 15 is 0 Å². The van der Waals surface area contributed by atoms with Crippen molar-refractivity contribution in [1.29, 1.82) is 0 Å². The SMILES string of the molecule is C[C@@H]1[C@H](C)CCC[C@@H]1NC(=O)COC(=O)c1ccc(CN2CCCC2=O)cc1. The van der Waals surface area contributed by atoms with Crippen LogP contribution in [0.3, 0.4) is 0 Å². The molecule has 0 radical (unpaired) electrons. The number of amides is 2. The van der Waals surface area contributed by atoms with Crippen molar-refractivity contribution in [2.75, 3.05) is 13.2 Å². The third-order valence-corrected chi connectivity index (χ3v) is 6.12. The highest BCUT2D eigenvalue weighted by molar-refractivity contribution is 5.91. The Kier molecular flexibility index (Phi) is 6.70. The van der Waals surface area contributed by atoms with Crippen LogP contribution in [0, 0.1) is 11.8 Å². The maximum atomic E-state index is 12.2. The predicted molar refractivity (Wildman–Crippen MR) is 105 cm³/mol. The van der Waals surface area contributed by atoms with Crippen molar-refractivity contribution in [2.45, 2.75) is 58.5 Å². The van der Waals surface area contributed by atoms with Gasteiger partial charge in [-0.25, -0.2) is 4.79 Å². The zero-order valence-corrected chi connectivity index (χ0v) is 16.8. The van der Waals surface area contributed by atoms with Gasteiger partial charge < -0.3 is 15.0 Å². The minimum Gasteiger partial charge on any atom is -0.452 e. The van der Waals surface area contributed by atoms with E-state index < -0.39 is 5.97 Å². The molecule has 2 fully saturated rings. The summed E-state index contributed by atoms with van der Waals surface area (Å²) in [5, 5.41) is 3.01. The van der Waals surface area contributed by atoms with Gasteiger partial charge in [-0.15, -0.1) is 0 Å². The molecule has 3 rings (SSSR count). The minimum atomic E-state index is -0.510. The number of ether oxygens (including phenoxy) is 1. The van der Waals surface area contributed by atoms with Crippen molar-refractivity contribution < 1.29 is 19.1 Å². The van der Waals surface area contributed by atoms with E-state index in [1.807, 2.05) is 17.0 Å². The van der Waals surface area contributed by atoms with Crippen LogP contribution in [0.4, 0.5) is 0 Å². The van der Waals surface area contributed by atoms with E-state index in [1.54, 1.807) is 12.1 Å². The Balaban J connectivity index is 1.45. The van der Waals surface area contributed by atoms with Gasteiger partial charge in [-0.2, -0.15) is 0 Å². The maximum Gasteiger partial charge on any atom is 0.338 e. The van der Waals surface area contributed by atoms with Crippen molar-refractivity contribution in [3.8, 4) is 0 Å². The molecule has 2 aliphatic rings. The van der Waals surface area contributed by atoms with E-state index in [2.05, 4.69) is 19.2 Å². The topological polar surface area (TPSA) is 75.7 Å². The van der Waals surface area contributed by atoms with Crippen molar-refractivity contribution >= 4 is 17.8 Å². The molecule has 1 aromatic rings. The number of esters is 1. The van der Waals surface area contributed by atoms with Gasteiger partial charge in [0.15, 0.2) is 6.61 Å². The molecule has 1 N–H and O–H groups in total. The molecule has 0 unspecified atom stereocenters. The quantitative estimate of drug-likeness (QED) is 0.763. The normalized spacial score (nSPS) is 24.9. The average Bonchev–Trinajstić information content (AvgIpc) is 3.09. The Hall–Kier alpha value is -2.37. The number of carbonyl (C=O) groups excluding carboxylic acids is 3. The number of likely N-dealkylation sites (tertiary alicyclic amines) is 1. The standard InChI is InChI=1S/C22H30N2O4/c1-15-5-3-6-19(16(15)2)23-20(25)14-28-22(27)18-10-8-17(9-11-18)13-24-12-4-7-21(24)26/h8-11,15-16,19H,3-7,12-14H2,1-2H3,(H,23,25)/t15-,16-,19+/m1/s1. The molecule has 0 bridgehead atoms. The number of hydrogen-bond donors (Lipinski definition) is 1. The molecule has 1 heterocycles. The monoisotopic (exact) mass is 386 g/mol. The molecule has 0 aromatic heterocycles. The third kappa shape index (κ3) is 5.12. The summed E-state index contributed by atoms with van der Waals surface area (Å²) in [4.78, 5) is 37.9. The van der Waals surface area contributed by atoms with Crippen LogP contribution in [0.1, 0.15) is 61.9 Å². The van der Waals surface area contributed by atoms with E-state index in [9.17, 15) is 14.4 Å². The Morgan fingerprint density at radius 2 is 1.89 bits per heavy atom. The summed E-state index contributed by atoms with van der Waals surface area (Å²) >= 11 is 0. The van der Waals surface area contributed by atoms with Crippen LogP contribution in [-0.4, -0.2) is 41.9 Å². The fourth-order valence-electron chi connectivity index (χ4n) is 4.09. The number of hydrogen-bond acceptors (Lipinski definition) is 4. The van der Waals surface area contributed by atoms with Crippen molar-refractivity contribution in [1.82, 2.24) is 10.2 Å². The molecular weight excluding hydrogens is 356 g/mol. The molecule has 1 aliphatic carbocycles. The van der Waals surface area contributed by atoms with Crippen LogP contribution in [0.5, 0.6) is 0 Å². The Labute approximate surface area is 166 Å². The average molecular weight is 386 g/mol. The van der Waals surface area contributed by atoms with E-state index in [1.165, 1.54) is 6.42 Å². The first-order valence-corrected chi connectivity index (χ1v) is 10.3. The maximum absolute atomic E-state index is 12.2. The lowest BCUT2D eigenvalue weighted by Gasteiger charge is -2.34. The first-order chi connectivity index (χ1) is 13.4. The van der Waals surface area contributed by atoms with Crippen LogP contribution in [0.25, 0.3) is 0 Å². The molecule has 1 aliphatic heterocycles. The molecule has 1 aromatic carbocycles. The van der Waals surface area contributed by atoms with Crippen LogP contribution in [0.15, 0.2) is 24.3 Å². The highest BCUT2D eigenvalue weighted by atomic mass is 16.5. The van der Waals surface area contributed by atoms with Gasteiger partial charge in [0.1, 0.15) is 0 Å². The first kappa shape index (κ1) is 20.4. The van der Waals surface area contributed by atoms with Crippen LogP contribution in [-0.2, 0) is 20.9 Å². The minimum absolute atomic E-state index is 0.155. The van der Waals surface area contributed by atoms with Crippen LogP contribution >= 0.6 is 0 Å². The molecule has 152 valence electrons. The van der Waals surface area contributed by atoms with E-state index in [4.69, 9.17) is 4.74 Å². The number of carbonyl (C=O) groups is 3. The lowest BCUT2D eigenvalue weighted by atomic mass is 9.78. The van der Waals surface area contributed by atoms with Gasteiger partial charge in [0.2, 0.25) is 5.91 Å². The van der Waals surface area contributed by atoms with Gasteiger partial charge in [-0.05, 0) is 42.4 Å². The Bertz CT molecular complexity index is 716. The lowest BCUT2D eigenvalue weighted by molar-refractivity contribution is -0.128. The second kappa shape index (κ2) is 9.22.